The first-order valence-corrected chi connectivity index (χ1v) is 13.7. The lowest BCUT2D eigenvalue weighted by Crippen LogP contribution is -2.45. The van der Waals surface area contributed by atoms with Gasteiger partial charge in [-0.25, -0.2) is 9.18 Å². The molecule has 4 aromatic rings. The Morgan fingerprint density at radius 1 is 0.868 bits per heavy atom. The van der Waals surface area contributed by atoms with Crippen molar-refractivity contribution in [3.05, 3.63) is 71.3 Å². The number of piperidine rings is 1. The van der Waals surface area contributed by atoms with E-state index in [0.717, 1.165) is 76.4 Å². The molecular formula is C31H31FN4O2. The highest BCUT2D eigenvalue weighted by Gasteiger charge is 2.32. The lowest BCUT2D eigenvalue weighted by molar-refractivity contribution is -0.113. The number of hydrogen-bond donors (Lipinski definition) is 0. The Bertz CT molecular complexity index is 1650. The number of fused-ring (bicyclic) bond motifs is 1. The molecule has 0 bridgehead atoms. The van der Waals surface area contributed by atoms with Crippen LogP contribution < -0.4 is 0 Å². The van der Waals surface area contributed by atoms with Crippen molar-refractivity contribution in [2.75, 3.05) is 19.6 Å². The normalized spacial score (nSPS) is 18.2. The molecule has 0 radical (unpaired) electrons. The van der Waals surface area contributed by atoms with Gasteiger partial charge in [-0.15, -0.1) is 0 Å². The third-order valence-electron chi connectivity index (χ3n) is 8.56. The van der Waals surface area contributed by atoms with E-state index in [4.69, 9.17) is 0 Å². The Hall–Kier alpha value is -3.87. The quantitative estimate of drug-likeness (QED) is 0.334. The van der Waals surface area contributed by atoms with Crippen LogP contribution in [0.25, 0.3) is 33.0 Å². The molecular weight excluding hydrogens is 479 g/mol. The first kappa shape index (κ1) is 23.3. The Morgan fingerprint density at radius 3 is 2.53 bits per heavy atom. The van der Waals surface area contributed by atoms with Gasteiger partial charge in [0.1, 0.15) is 5.82 Å². The predicted octanol–water partition coefficient (Wildman–Crippen LogP) is 5.97. The zero-order valence-electron chi connectivity index (χ0n) is 21.7. The van der Waals surface area contributed by atoms with Crippen molar-refractivity contribution in [2.24, 2.45) is 7.05 Å². The number of aryl methyl sites for hydroxylation is 1. The second-order valence-electron chi connectivity index (χ2n) is 10.9. The summed E-state index contributed by atoms with van der Waals surface area (Å²) in [7, 11) is 2.03. The van der Waals surface area contributed by atoms with Crippen molar-refractivity contribution < 1.29 is 14.0 Å². The summed E-state index contributed by atoms with van der Waals surface area (Å²) < 4.78 is 19.3. The maximum Gasteiger partial charge on any atom is 0.320 e. The highest BCUT2D eigenvalue weighted by molar-refractivity contribution is 6.34. The van der Waals surface area contributed by atoms with Crippen molar-refractivity contribution in [3.63, 3.8) is 0 Å². The number of urea groups is 1. The van der Waals surface area contributed by atoms with E-state index < -0.39 is 0 Å². The lowest BCUT2D eigenvalue weighted by Gasteiger charge is -2.32. The number of halogens is 1. The van der Waals surface area contributed by atoms with Gasteiger partial charge in [0.2, 0.25) is 0 Å². The third-order valence-corrected chi connectivity index (χ3v) is 8.56. The largest absolute Gasteiger partial charge is 0.350 e. The first-order valence-electron chi connectivity index (χ1n) is 13.7. The van der Waals surface area contributed by atoms with Gasteiger partial charge >= 0.3 is 6.03 Å². The number of benzene rings is 2. The molecule has 6 nitrogen and oxygen atoms in total. The summed E-state index contributed by atoms with van der Waals surface area (Å²) in [6.07, 6.45) is 8.50. The fraction of sp³-hybridized carbons (Fsp3) is 0.355. The molecule has 194 valence electrons. The van der Waals surface area contributed by atoms with Crippen LogP contribution in [0.1, 0.15) is 48.8 Å². The van der Waals surface area contributed by atoms with Gasteiger partial charge in [-0.1, -0.05) is 18.2 Å². The maximum atomic E-state index is 15.1. The van der Waals surface area contributed by atoms with Crippen molar-refractivity contribution >= 4 is 44.8 Å². The van der Waals surface area contributed by atoms with Crippen LogP contribution in [0.3, 0.4) is 0 Å². The summed E-state index contributed by atoms with van der Waals surface area (Å²) in [6, 6.07) is 11.4. The smallest absolute Gasteiger partial charge is 0.320 e. The van der Waals surface area contributed by atoms with Gasteiger partial charge in [-0.3, -0.25) is 4.79 Å². The molecule has 2 aromatic carbocycles. The summed E-state index contributed by atoms with van der Waals surface area (Å²) in [6.45, 7) is 3.11. The fourth-order valence-corrected chi connectivity index (χ4v) is 6.77. The van der Waals surface area contributed by atoms with Gasteiger partial charge in [0, 0.05) is 91.6 Å². The fourth-order valence-electron chi connectivity index (χ4n) is 6.77. The van der Waals surface area contributed by atoms with Gasteiger partial charge < -0.3 is 18.9 Å². The van der Waals surface area contributed by atoms with Crippen LogP contribution in [0, 0.1) is 5.82 Å². The topological polar surface area (TPSA) is 50.5 Å². The van der Waals surface area contributed by atoms with E-state index >= 15 is 4.39 Å². The van der Waals surface area contributed by atoms with Crippen LogP contribution in [0.15, 0.2) is 48.8 Å². The number of Topliss-reactive ketones (excluding diaryl/α,β-unsaturated/α-hetero) is 1. The molecule has 1 saturated heterocycles. The van der Waals surface area contributed by atoms with E-state index in [1.807, 2.05) is 35.2 Å². The minimum absolute atomic E-state index is 0.0417. The van der Waals surface area contributed by atoms with Crippen molar-refractivity contribution in [1.82, 2.24) is 18.9 Å². The van der Waals surface area contributed by atoms with Crippen molar-refractivity contribution in [1.29, 1.82) is 0 Å². The number of allylic oxidation sites excluding steroid dienone is 2. The number of aromatic nitrogens is 2. The molecule has 0 unspecified atom stereocenters. The molecule has 4 heterocycles. The minimum atomic E-state index is -0.337. The molecule has 38 heavy (non-hydrogen) atoms. The lowest BCUT2D eigenvalue weighted by atomic mass is 9.95. The molecule has 2 aliphatic heterocycles. The van der Waals surface area contributed by atoms with Crippen LogP contribution in [0.4, 0.5) is 9.18 Å². The highest BCUT2D eigenvalue weighted by Crippen LogP contribution is 2.44. The van der Waals surface area contributed by atoms with Crippen LogP contribution in [-0.2, 0) is 24.9 Å². The number of amides is 2. The zero-order valence-corrected chi connectivity index (χ0v) is 21.7. The Labute approximate surface area is 220 Å². The van der Waals surface area contributed by atoms with Gasteiger partial charge in [0.25, 0.3) is 0 Å². The molecule has 1 fully saturated rings. The highest BCUT2D eigenvalue weighted by atomic mass is 19.1. The van der Waals surface area contributed by atoms with Crippen LogP contribution in [-0.4, -0.2) is 50.4 Å². The molecule has 2 aromatic heterocycles. The predicted molar refractivity (Wildman–Crippen MR) is 147 cm³/mol. The molecule has 3 aliphatic rings. The second-order valence-corrected chi connectivity index (χ2v) is 10.9. The first-order chi connectivity index (χ1) is 18.5. The van der Waals surface area contributed by atoms with Crippen molar-refractivity contribution in [3.8, 4) is 0 Å². The summed E-state index contributed by atoms with van der Waals surface area (Å²) in [5.41, 5.74) is 6.48. The van der Waals surface area contributed by atoms with E-state index in [2.05, 4.69) is 27.5 Å². The molecule has 7 heteroatoms. The van der Waals surface area contributed by atoms with E-state index in [-0.39, 0.29) is 17.6 Å². The molecule has 0 atom stereocenters. The summed E-state index contributed by atoms with van der Waals surface area (Å²) in [5, 5.41) is 1.89. The standard InChI is InChI=1S/C31H31FN4O2/c1-33-18-25(22-7-3-4-8-27(22)33)23-9-10-28(37)29(23)26-19-35-13-14-36(31(38)34-11-5-2-6-12-34)17-20-15-21(32)16-24(26)30(20)35/h3-4,7-8,15-16,18-19H,2,5-6,9-14,17H2,1H3. The molecule has 2 amide bonds. The van der Waals surface area contributed by atoms with Gasteiger partial charge in [0.05, 0.1) is 5.52 Å². The number of rotatable bonds is 2. The number of carbonyl (C=O) groups is 2. The van der Waals surface area contributed by atoms with Crippen LogP contribution >= 0.6 is 0 Å². The Balaban J connectivity index is 1.35. The van der Waals surface area contributed by atoms with Gasteiger partial charge in [0.15, 0.2) is 5.78 Å². The average Bonchev–Trinajstić information content (AvgIpc) is 3.54. The van der Waals surface area contributed by atoms with E-state index in [9.17, 15) is 9.59 Å². The monoisotopic (exact) mass is 510 g/mol. The third kappa shape index (κ3) is 3.59. The molecule has 0 saturated carbocycles. The summed E-state index contributed by atoms with van der Waals surface area (Å²) in [5.74, 6) is -0.228. The Morgan fingerprint density at radius 2 is 1.68 bits per heavy atom. The van der Waals surface area contributed by atoms with Crippen molar-refractivity contribution in [2.45, 2.75) is 45.2 Å². The van der Waals surface area contributed by atoms with E-state index in [0.29, 0.717) is 38.0 Å². The van der Waals surface area contributed by atoms with Gasteiger partial charge in [-0.05, 0) is 55.0 Å². The number of hydrogen-bond acceptors (Lipinski definition) is 2. The van der Waals surface area contributed by atoms with E-state index in [1.54, 1.807) is 12.1 Å². The minimum Gasteiger partial charge on any atom is -0.350 e. The molecule has 0 N–H and O–H groups in total. The SMILES string of the molecule is Cn1cc(C2=C(c3cn4c5c(cc(F)cc35)CN(C(=O)N3CCCCC3)CC4)C(=O)CC2)c2ccccc21. The summed E-state index contributed by atoms with van der Waals surface area (Å²) >= 11 is 0. The number of ketones is 1. The van der Waals surface area contributed by atoms with Gasteiger partial charge in [-0.2, -0.15) is 0 Å². The number of carbonyl (C=O) groups excluding carboxylic acids is 2. The zero-order chi connectivity index (χ0) is 26.0. The van der Waals surface area contributed by atoms with Crippen LogP contribution in [0.5, 0.6) is 0 Å². The summed E-state index contributed by atoms with van der Waals surface area (Å²) in [4.78, 5) is 30.5. The average molecular weight is 511 g/mol. The number of likely N-dealkylation sites (tertiary alicyclic amines) is 1. The molecule has 1 aliphatic carbocycles. The maximum absolute atomic E-state index is 15.1. The number of para-hydroxylation sites is 1. The molecule has 0 spiro atoms. The van der Waals surface area contributed by atoms with E-state index in [1.165, 1.54) is 0 Å². The number of nitrogens with zero attached hydrogens (tertiary/aromatic N) is 4. The molecule has 7 rings (SSSR count). The Kier molecular flexibility index (Phi) is 5.42. The van der Waals surface area contributed by atoms with Crippen LogP contribution in [0.2, 0.25) is 0 Å². The second kappa shape index (κ2) is 8.86.